The summed E-state index contributed by atoms with van der Waals surface area (Å²) in [7, 11) is 1.34. The average molecular weight is 298 g/mol. The number of ether oxygens (including phenoxy) is 2. The maximum atomic E-state index is 13.6. The van der Waals surface area contributed by atoms with Crippen molar-refractivity contribution < 1.29 is 18.7 Å². The van der Waals surface area contributed by atoms with Crippen molar-refractivity contribution in [2.24, 2.45) is 0 Å². The van der Waals surface area contributed by atoms with Gasteiger partial charge in [0.1, 0.15) is 18.2 Å². The Morgan fingerprint density at radius 3 is 2.77 bits per heavy atom. The van der Waals surface area contributed by atoms with E-state index in [9.17, 15) is 9.18 Å². The fourth-order valence-corrected chi connectivity index (χ4v) is 2.58. The molecule has 0 aromatic heterocycles. The number of methoxy groups -OCH3 is 1. The Kier molecular flexibility index (Phi) is 3.67. The van der Waals surface area contributed by atoms with Crippen molar-refractivity contribution in [3.05, 3.63) is 70.5 Å². The third-order valence-corrected chi connectivity index (χ3v) is 3.71. The summed E-state index contributed by atoms with van der Waals surface area (Å²) in [6.45, 7) is 2.34. The SMILES string of the molecule is COC(=O)c1ccc2c(c1)C(c1cc(F)ccc1C)=CCO2. The van der Waals surface area contributed by atoms with Crippen molar-refractivity contribution in [1.82, 2.24) is 0 Å². The molecule has 0 N–H and O–H groups in total. The largest absolute Gasteiger partial charge is 0.489 e. The molecule has 3 nitrogen and oxygen atoms in total. The summed E-state index contributed by atoms with van der Waals surface area (Å²) in [6.07, 6.45) is 1.89. The Bertz CT molecular complexity index is 778. The lowest BCUT2D eigenvalue weighted by Gasteiger charge is -2.21. The number of aryl methyl sites for hydroxylation is 1. The van der Waals surface area contributed by atoms with Crippen molar-refractivity contribution in [2.45, 2.75) is 6.92 Å². The molecule has 0 spiro atoms. The first-order valence-electron chi connectivity index (χ1n) is 6.92. The van der Waals surface area contributed by atoms with Gasteiger partial charge in [-0.25, -0.2) is 9.18 Å². The molecule has 2 aromatic rings. The van der Waals surface area contributed by atoms with E-state index < -0.39 is 5.97 Å². The second-order valence-electron chi connectivity index (χ2n) is 5.09. The fourth-order valence-electron chi connectivity index (χ4n) is 2.58. The number of rotatable bonds is 2. The predicted molar refractivity (Wildman–Crippen MR) is 81.5 cm³/mol. The molecule has 1 aliphatic heterocycles. The van der Waals surface area contributed by atoms with Gasteiger partial charge in [0.2, 0.25) is 0 Å². The number of halogens is 1. The van der Waals surface area contributed by atoms with E-state index in [0.29, 0.717) is 17.9 Å². The van der Waals surface area contributed by atoms with Gasteiger partial charge in [0.05, 0.1) is 12.7 Å². The molecule has 1 aliphatic rings. The van der Waals surface area contributed by atoms with Crippen molar-refractivity contribution in [1.29, 1.82) is 0 Å². The van der Waals surface area contributed by atoms with Crippen LogP contribution < -0.4 is 4.74 Å². The van der Waals surface area contributed by atoms with Gasteiger partial charge in [-0.15, -0.1) is 0 Å². The summed E-state index contributed by atoms with van der Waals surface area (Å²) in [6, 6.07) is 9.79. The molecule has 0 fully saturated rings. The van der Waals surface area contributed by atoms with Gasteiger partial charge in [-0.2, -0.15) is 0 Å². The van der Waals surface area contributed by atoms with E-state index in [4.69, 9.17) is 9.47 Å². The number of fused-ring (bicyclic) bond motifs is 1. The van der Waals surface area contributed by atoms with Crippen LogP contribution in [0.3, 0.4) is 0 Å². The number of esters is 1. The minimum atomic E-state index is -0.413. The third kappa shape index (κ3) is 2.48. The van der Waals surface area contributed by atoms with E-state index >= 15 is 0 Å². The van der Waals surface area contributed by atoms with E-state index in [0.717, 1.165) is 22.3 Å². The molecule has 4 heteroatoms. The summed E-state index contributed by atoms with van der Waals surface area (Å²) >= 11 is 0. The topological polar surface area (TPSA) is 35.5 Å². The van der Waals surface area contributed by atoms with Gasteiger partial charge in [-0.1, -0.05) is 6.07 Å². The highest BCUT2D eigenvalue weighted by Gasteiger charge is 2.19. The van der Waals surface area contributed by atoms with Gasteiger partial charge >= 0.3 is 5.97 Å². The second kappa shape index (κ2) is 5.64. The molecule has 0 bridgehead atoms. The van der Waals surface area contributed by atoms with Crippen LogP contribution in [0.5, 0.6) is 5.75 Å². The van der Waals surface area contributed by atoms with Gasteiger partial charge in [0.25, 0.3) is 0 Å². The minimum absolute atomic E-state index is 0.293. The fraction of sp³-hybridized carbons (Fsp3) is 0.167. The molecule has 1 heterocycles. The van der Waals surface area contributed by atoms with Crippen LogP contribution in [0.15, 0.2) is 42.5 Å². The standard InChI is InChI=1S/C18H15FO3/c1-11-3-5-13(19)10-15(11)14-7-8-22-17-6-4-12(9-16(14)17)18(20)21-2/h3-7,9-10H,8H2,1-2H3. The molecule has 0 amide bonds. The number of hydrogen-bond acceptors (Lipinski definition) is 3. The zero-order valence-corrected chi connectivity index (χ0v) is 12.4. The highest BCUT2D eigenvalue weighted by molar-refractivity contribution is 5.93. The molecule has 0 radical (unpaired) electrons. The number of carbonyl (C=O) groups excluding carboxylic acids is 1. The Balaban J connectivity index is 2.14. The highest BCUT2D eigenvalue weighted by Crippen LogP contribution is 2.36. The molecule has 2 aromatic carbocycles. The van der Waals surface area contributed by atoms with E-state index in [2.05, 4.69) is 0 Å². The Morgan fingerprint density at radius 1 is 1.18 bits per heavy atom. The molecule has 112 valence electrons. The Morgan fingerprint density at radius 2 is 2.00 bits per heavy atom. The first-order valence-corrected chi connectivity index (χ1v) is 6.92. The third-order valence-electron chi connectivity index (χ3n) is 3.71. The molecular formula is C18H15FO3. The number of benzene rings is 2. The molecule has 0 aliphatic carbocycles. The van der Waals surface area contributed by atoms with Gasteiger partial charge in [-0.05, 0) is 60.0 Å². The molecule has 0 saturated heterocycles. The smallest absolute Gasteiger partial charge is 0.337 e. The maximum absolute atomic E-state index is 13.6. The van der Waals surface area contributed by atoms with Crippen LogP contribution in [0.1, 0.15) is 27.0 Å². The lowest BCUT2D eigenvalue weighted by molar-refractivity contribution is 0.0600. The van der Waals surface area contributed by atoms with Crippen molar-refractivity contribution in [2.75, 3.05) is 13.7 Å². The molecule has 3 rings (SSSR count). The van der Waals surface area contributed by atoms with Gasteiger partial charge in [-0.3, -0.25) is 0 Å². The molecule has 0 saturated carbocycles. The van der Waals surface area contributed by atoms with Gasteiger partial charge in [0, 0.05) is 5.56 Å². The van der Waals surface area contributed by atoms with Crippen LogP contribution in [0.25, 0.3) is 5.57 Å². The Hall–Kier alpha value is -2.62. The lowest BCUT2D eigenvalue weighted by atomic mass is 9.91. The Labute approximate surface area is 128 Å². The van der Waals surface area contributed by atoms with Crippen LogP contribution >= 0.6 is 0 Å². The average Bonchev–Trinajstić information content (AvgIpc) is 2.55. The van der Waals surface area contributed by atoms with Crippen molar-refractivity contribution in [3.63, 3.8) is 0 Å². The van der Waals surface area contributed by atoms with Crippen LogP contribution in [0.4, 0.5) is 4.39 Å². The lowest BCUT2D eigenvalue weighted by Crippen LogP contribution is -2.09. The molecule has 0 atom stereocenters. The van der Waals surface area contributed by atoms with E-state index in [1.165, 1.54) is 19.2 Å². The van der Waals surface area contributed by atoms with E-state index in [-0.39, 0.29) is 5.82 Å². The predicted octanol–water partition coefficient (Wildman–Crippen LogP) is 3.74. The van der Waals surface area contributed by atoms with Gasteiger partial charge < -0.3 is 9.47 Å². The van der Waals surface area contributed by atoms with Crippen LogP contribution in [-0.2, 0) is 4.74 Å². The summed E-state index contributed by atoms with van der Waals surface area (Å²) in [5, 5.41) is 0. The van der Waals surface area contributed by atoms with E-state index in [1.807, 2.05) is 13.0 Å². The number of hydrogen-bond donors (Lipinski definition) is 0. The number of carbonyl (C=O) groups is 1. The summed E-state index contributed by atoms with van der Waals surface area (Å²) in [5.41, 5.74) is 3.83. The second-order valence-corrected chi connectivity index (χ2v) is 5.09. The highest BCUT2D eigenvalue weighted by atomic mass is 19.1. The normalized spacial score (nSPS) is 13.0. The summed E-state index contributed by atoms with van der Waals surface area (Å²) in [4.78, 5) is 11.7. The first kappa shape index (κ1) is 14.3. The zero-order valence-electron chi connectivity index (χ0n) is 12.4. The molecule has 0 unspecified atom stereocenters. The summed E-state index contributed by atoms with van der Waals surface area (Å²) in [5.74, 6) is -0.0313. The van der Waals surface area contributed by atoms with Crippen LogP contribution in [0, 0.1) is 12.7 Å². The first-order chi connectivity index (χ1) is 10.6. The molecule has 22 heavy (non-hydrogen) atoms. The summed E-state index contributed by atoms with van der Waals surface area (Å²) < 4.78 is 24.0. The van der Waals surface area contributed by atoms with Crippen molar-refractivity contribution >= 4 is 11.5 Å². The monoisotopic (exact) mass is 298 g/mol. The quantitative estimate of drug-likeness (QED) is 0.792. The minimum Gasteiger partial charge on any atom is -0.489 e. The van der Waals surface area contributed by atoms with Crippen LogP contribution in [-0.4, -0.2) is 19.7 Å². The maximum Gasteiger partial charge on any atom is 0.337 e. The molecular weight excluding hydrogens is 283 g/mol. The van der Waals surface area contributed by atoms with Crippen molar-refractivity contribution in [3.8, 4) is 5.75 Å². The van der Waals surface area contributed by atoms with Crippen LogP contribution in [0.2, 0.25) is 0 Å². The van der Waals surface area contributed by atoms with E-state index in [1.54, 1.807) is 24.3 Å². The zero-order chi connectivity index (χ0) is 15.7. The van der Waals surface area contributed by atoms with Gasteiger partial charge in [0.15, 0.2) is 0 Å².